The van der Waals surface area contributed by atoms with Crippen molar-refractivity contribution < 1.29 is 17.9 Å². The van der Waals surface area contributed by atoms with Crippen LogP contribution in [-0.4, -0.2) is 33.9 Å². The minimum absolute atomic E-state index is 0.512. The van der Waals surface area contributed by atoms with Crippen LogP contribution in [0.25, 0.3) is 11.3 Å². The van der Waals surface area contributed by atoms with E-state index < -0.39 is 10.0 Å². The quantitative estimate of drug-likeness (QED) is 0.619. The fourth-order valence-corrected chi connectivity index (χ4v) is 3.70. The molecule has 1 heterocycles. The molecular formula is C18H19N3O4S2. The fourth-order valence-electron chi connectivity index (χ4n) is 2.40. The molecule has 0 amide bonds. The zero-order chi connectivity index (χ0) is 19.4. The predicted octanol–water partition coefficient (Wildman–Crippen LogP) is 3.94. The molecule has 0 aliphatic rings. The van der Waals surface area contributed by atoms with Gasteiger partial charge in [-0.1, -0.05) is 12.1 Å². The van der Waals surface area contributed by atoms with Crippen molar-refractivity contribution in [3.8, 4) is 22.8 Å². The minimum atomic E-state index is -3.29. The van der Waals surface area contributed by atoms with Crippen LogP contribution in [-0.2, 0) is 10.0 Å². The summed E-state index contributed by atoms with van der Waals surface area (Å²) in [6, 6.07) is 12.5. The van der Waals surface area contributed by atoms with Gasteiger partial charge in [-0.2, -0.15) is 0 Å². The Balaban J connectivity index is 1.77. The van der Waals surface area contributed by atoms with Gasteiger partial charge in [0.15, 0.2) is 5.13 Å². The van der Waals surface area contributed by atoms with E-state index in [4.69, 9.17) is 9.47 Å². The van der Waals surface area contributed by atoms with E-state index in [1.54, 1.807) is 32.4 Å². The average Bonchev–Trinajstić information content (AvgIpc) is 3.10. The van der Waals surface area contributed by atoms with E-state index >= 15 is 0 Å². The van der Waals surface area contributed by atoms with Gasteiger partial charge in [0.25, 0.3) is 0 Å². The molecule has 0 fully saturated rings. The summed E-state index contributed by atoms with van der Waals surface area (Å²) in [5, 5.41) is 5.89. The van der Waals surface area contributed by atoms with Gasteiger partial charge in [0, 0.05) is 22.7 Å². The van der Waals surface area contributed by atoms with E-state index in [-0.39, 0.29) is 0 Å². The number of aromatic nitrogens is 1. The number of sulfonamides is 1. The van der Waals surface area contributed by atoms with Crippen molar-refractivity contribution in [3.63, 3.8) is 0 Å². The smallest absolute Gasteiger partial charge is 0.229 e. The normalized spacial score (nSPS) is 11.1. The molecule has 2 N–H and O–H groups in total. The Hall–Kier alpha value is -2.78. The number of benzene rings is 2. The van der Waals surface area contributed by atoms with Crippen LogP contribution in [0.3, 0.4) is 0 Å². The summed E-state index contributed by atoms with van der Waals surface area (Å²) in [7, 11) is -0.0918. The van der Waals surface area contributed by atoms with E-state index in [9.17, 15) is 8.42 Å². The molecule has 9 heteroatoms. The minimum Gasteiger partial charge on any atom is -0.497 e. The summed E-state index contributed by atoms with van der Waals surface area (Å²) in [6.07, 6.45) is 1.12. The first kappa shape index (κ1) is 19.0. The van der Waals surface area contributed by atoms with Crippen molar-refractivity contribution in [2.45, 2.75) is 0 Å². The molecular weight excluding hydrogens is 386 g/mol. The van der Waals surface area contributed by atoms with Crippen molar-refractivity contribution in [1.82, 2.24) is 4.98 Å². The van der Waals surface area contributed by atoms with Crippen molar-refractivity contribution in [1.29, 1.82) is 0 Å². The molecule has 0 aliphatic carbocycles. The number of nitrogens with one attached hydrogen (secondary N) is 2. The molecule has 7 nitrogen and oxygen atoms in total. The first-order valence-electron chi connectivity index (χ1n) is 7.91. The molecule has 3 rings (SSSR count). The Morgan fingerprint density at radius 3 is 2.41 bits per heavy atom. The molecule has 3 aromatic rings. The highest BCUT2D eigenvalue weighted by Crippen LogP contribution is 2.34. The van der Waals surface area contributed by atoms with Crippen LogP contribution in [0.2, 0.25) is 0 Å². The van der Waals surface area contributed by atoms with Crippen LogP contribution in [0, 0.1) is 0 Å². The van der Waals surface area contributed by atoms with Crippen molar-refractivity contribution in [2.75, 3.05) is 30.5 Å². The van der Waals surface area contributed by atoms with E-state index in [1.807, 2.05) is 29.6 Å². The Labute approximate surface area is 162 Å². The largest absolute Gasteiger partial charge is 0.497 e. The second kappa shape index (κ2) is 7.85. The Bertz CT molecular complexity index is 1030. The highest BCUT2D eigenvalue weighted by atomic mass is 32.2. The molecule has 0 aliphatic heterocycles. The lowest BCUT2D eigenvalue weighted by Crippen LogP contribution is -2.09. The maximum Gasteiger partial charge on any atom is 0.229 e. The lowest BCUT2D eigenvalue weighted by molar-refractivity contribution is 0.395. The molecule has 0 spiro atoms. The van der Waals surface area contributed by atoms with Gasteiger partial charge in [0.2, 0.25) is 10.0 Å². The third kappa shape index (κ3) is 4.89. The molecule has 142 valence electrons. The second-order valence-electron chi connectivity index (χ2n) is 5.68. The number of anilines is 3. The van der Waals surface area contributed by atoms with Crippen molar-refractivity contribution >= 4 is 37.9 Å². The number of hydrogen-bond donors (Lipinski definition) is 2. The maximum absolute atomic E-state index is 11.3. The van der Waals surface area contributed by atoms with Crippen LogP contribution in [0.5, 0.6) is 11.5 Å². The summed E-state index contributed by atoms with van der Waals surface area (Å²) in [6.45, 7) is 0. The second-order valence-corrected chi connectivity index (χ2v) is 8.29. The summed E-state index contributed by atoms with van der Waals surface area (Å²) >= 11 is 1.46. The average molecular weight is 406 g/mol. The standard InChI is InChI=1S/C18H19N3O4S2/c1-24-14-8-9-15(17(10-14)25-2)19-18-20-16(11-26-18)12-4-6-13(7-5-12)21-27(3,22)23/h4-11,21H,1-3H3,(H,19,20). The Morgan fingerprint density at radius 2 is 1.78 bits per heavy atom. The first-order chi connectivity index (χ1) is 12.9. The van der Waals surface area contributed by atoms with Crippen LogP contribution < -0.4 is 19.5 Å². The Kier molecular flexibility index (Phi) is 5.52. The summed E-state index contributed by atoms with van der Waals surface area (Å²) in [5.74, 6) is 1.36. The van der Waals surface area contributed by atoms with Crippen molar-refractivity contribution in [3.05, 3.63) is 47.8 Å². The number of ether oxygens (including phenoxy) is 2. The van der Waals surface area contributed by atoms with Gasteiger partial charge in [-0.25, -0.2) is 13.4 Å². The molecule has 0 radical (unpaired) electrons. The maximum atomic E-state index is 11.3. The SMILES string of the molecule is COc1ccc(Nc2nc(-c3ccc(NS(C)(=O)=O)cc3)cs2)c(OC)c1. The monoisotopic (exact) mass is 405 g/mol. The van der Waals surface area contributed by atoms with Gasteiger partial charge in [-0.05, 0) is 24.3 Å². The van der Waals surface area contributed by atoms with Gasteiger partial charge in [-0.3, -0.25) is 4.72 Å². The summed E-state index contributed by atoms with van der Waals surface area (Å²) in [4.78, 5) is 4.58. The zero-order valence-corrected chi connectivity index (χ0v) is 16.6. The third-order valence-electron chi connectivity index (χ3n) is 3.64. The van der Waals surface area contributed by atoms with Crippen LogP contribution in [0.1, 0.15) is 0 Å². The highest BCUT2D eigenvalue weighted by Gasteiger charge is 2.10. The molecule has 0 saturated heterocycles. The molecule has 2 aromatic carbocycles. The van der Waals surface area contributed by atoms with Crippen LogP contribution in [0.4, 0.5) is 16.5 Å². The van der Waals surface area contributed by atoms with Gasteiger partial charge in [0.1, 0.15) is 11.5 Å². The number of hydrogen-bond acceptors (Lipinski definition) is 7. The molecule has 0 atom stereocenters. The third-order valence-corrected chi connectivity index (χ3v) is 5.00. The topological polar surface area (TPSA) is 89.5 Å². The molecule has 0 unspecified atom stereocenters. The van der Waals surface area contributed by atoms with Crippen LogP contribution >= 0.6 is 11.3 Å². The van der Waals surface area contributed by atoms with Gasteiger partial charge in [-0.15, -0.1) is 11.3 Å². The molecule has 27 heavy (non-hydrogen) atoms. The highest BCUT2D eigenvalue weighted by molar-refractivity contribution is 7.92. The summed E-state index contributed by atoms with van der Waals surface area (Å²) in [5.41, 5.74) is 2.98. The lowest BCUT2D eigenvalue weighted by Gasteiger charge is -2.10. The summed E-state index contributed by atoms with van der Waals surface area (Å²) < 4.78 is 35.6. The first-order valence-corrected chi connectivity index (χ1v) is 10.7. The lowest BCUT2D eigenvalue weighted by atomic mass is 10.1. The zero-order valence-electron chi connectivity index (χ0n) is 15.0. The number of rotatable bonds is 7. The van der Waals surface area contributed by atoms with E-state index in [0.717, 1.165) is 23.2 Å². The van der Waals surface area contributed by atoms with Crippen molar-refractivity contribution in [2.24, 2.45) is 0 Å². The Morgan fingerprint density at radius 1 is 1.04 bits per heavy atom. The van der Waals surface area contributed by atoms with Crippen LogP contribution in [0.15, 0.2) is 47.8 Å². The molecule has 0 bridgehead atoms. The fraction of sp³-hybridized carbons (Fsp3) is 0.167. The number of nitrogens with zero attached hydrogens (tertiary/aromatic N) is 1. The van der Waals surface area contributed by atoms with Gasteiger partial charge < -0.3 is 14.8 Å². The number of thiazole rings is 1. The molecule has 0 saturated carbocycles. The molecule has 1 aromatic heterocycles. The van der Waals surface area contributed by atoms with Gasteiger partial charge in [0.05, 0.1) is 31.9 Å². The van der Waals surface area contributed by atoms with Gasteiger partial charge >= 0.3 is 0 Å². The van der Waals surface area contributed by atoms with E-state index in [2.05, 4.69) is 15.0 Å². The predicted molar refractivity (Wildman–Crippen MR) is 109 cm³/mol. The van der Waals surface area contributed by atoms with E-state index in [0.29, 0.717) is 22.3 Å². The number of methoxy groups -OCH3 is 2. The van der Waals surface area contributed by atoms with E-state index in [1.165, 1.54) is 11.3 Å².